The van der Waals surface area contributed by atoms with E-state index in [9.17, 15) is 9.50 Å². The molecule has 3 rings (SSSR count). The summed E-state index contributed by atoms with van der Waals surface area (Å²) >= 11 is 0. The molecular weight excluding hydrogens is 470 g/mol. The van der Waals surface area contributed by atoms with Crippen LogP contribution in [0.2, 0.25) is 0 Å². The molecule has 152 valence electrons. The first-order chi connectivity index (χ1) is 13.1. The van der Waals surface area contributed by atoms with E-state index in [1.807, 2.05) is 25.1 Å². The van der Waals surface area contributed by atoms with Crippen molar-refractivity contribution < 1.29 is 9.50 Å². The molecule has 0 spiro atoms. The van der Waals surface area contributed by atoms with Crippen molar-refractivity contribution in [2.45, 2.75) is 32.4 Å². The third-order valence-electron chi connectivity index (χ3n) is 4.64. The van der Waals surface area contributed by atoms with Gasteiger partial charge in [-0.25, -0.2) is 9.38 Å². The second kappa shape index (κ2) is 11.1. The number of nitrogens with zero attached hydrogens (tertiary/aromatic N) is 2. The second-order valence-electron chi connectivity index (χ2n) is 6.77. The summed E-state index contributed by atoms with van der Waals surface area (Å²) in [5.41, 5.74) is 1.96. The number of phenolic OH excluding ortho intramolecular Hbond substituents is 1. The summed E-state index contributed by atoms with van der Waals surface area (Å²) in [6, 6.07) is 14.1. The maximum atomic E-state index is 13.5. The molecule has 0 bridgehead atoms. The van der Waals surface area contributed by atoms with Crippen molar-refractivity contribution in [1.29, 1.82) is 0 Å². The maximum Gasteiger partial charge on any atom is 0.191 e. The molecule has 3 N–H and O–H groups in total. The van der Waals surface area contributed by atoms with Crippen molar-refractivity contribution in [2.75, 3.05) is 24.5 Å². The number of phenols is 1. The number of hydrogen-bond acceptors (Lipinski definition) is 3. The van der Waals surface area contributed by atoms with Crippen LogP contribution in [0.25, 0.3) is 0 Å². The molecule has 1 saturated heterocycles. The van der Waals surface area contributed by atoms with Crippen molar-refractivity contribution in [3.63, 3.8) is 0 Å². The Morgan fingerprint density at radius 2 is 2.04 bits per heavy atom. The lowest BCUT2D eigenvalue weighted by atomic mass is 10.0. The van der Waals surface area contributed by atoms with Gasteiger partial charge in [0.1, 0.15) is 11.6 Å². The molecule has 0 saturated carbocycles. The number of hydrogen-bond donors (Lipinski definition) is 3. The van der Waals surface area contributed by atoms with Crippen LogP contribution in [0.4, 0.5) is 10.1 Å². The van der Waals surface area contributed by atoms with Crippen LogP contribution in [-0.2, 0) is 6.54 Å². The van der Waals surface area contributed by atoms with Gasteiger partial charge in [0.2, 0.25) is 0 Å². The van der Waals surface area contributed by atoms with Gasteiger partial charge in [-0.1, -0.05) is 18.2 Å². The Bertz CT molecular complexity index is 769. The molecule has 0 radical (unpaired) electrons. The van der Waals surface area contributed by atoms with E-state index < -0.39 is 0 Å². The smallest absolute Gasteiger partial charge is 0.191 e. The first-order valence-corrected chi connectivity index (χ1v) is 9.47. The van der Waals surface area contributed by atoms with Crippen LogP contribution in [0.5, 0.6) is 5.75 Å². The standard InChI is InChI=1S/C21H27FN4O.HI/c1-2-23-21(24-14-16-8-10-20(27)11-9-16)25-18-6-4-12-26(15-18)19-7-3-5-17(22)13-19;/h3,5,7-11,13,18,27H,2,4,6,12,14-15H2,1H3,(H2,23,24,25);1H. The van der Waals surface area contributed by atoms with Gasteiger partial charge in [0.15, 0.2) is 5.96 Å². The zero-order valence-electron chi connectivity index (χ0n) is 16.1. The fourth-order valence-electron chi connectivity index (χ4n) is 3.29. The molecule has 2 aromatic rings. The first-order valence-electron chi connectivity index (χ1n) is 9.47. The van der Waals surface area contributed by atoms with Gasteiger partial charge in [-0.3, -0.25) is 0 Å². The largest absolute Gasteiger partial charge is 0.508 e. The Hall–Kier alpha value is -2.03. The van der Waals surface area contributed by atoms with E-state index >= 15 is 0 Å². The molecule has 1 atom stereocenters. The molecule has 2 aromatic carbocycles. The van der Waals surface area contributed by atoms with E-state index in [0.29, 0.717) is 6.54 Å². The van der Waals surface area contributed by atoms with Gasteiger partial charge in [-0.05, 0) is 55.7 Å². The third kappa shape index (κ3) is 6.54. The van der Waals surface area contributed by atoms with E-state index in [4.69, 9.17) is 0 Å². The molecule has 0 aliphatic carbocycles. The Morgan fingerprint density at radius 1 is 1.25 bits per heavy atom. The number of benzene rings is 2. The molecule has 7 heteroatoms. The van der Waals surface area contributed by atoms with Crippen LogP contribution in [0, 0.1) is 5.82 Å². The van der Waals surface area contributed by atoms with Gasteiger partial charge in [0.25, 0.3) is 0 Å². The monoisotopic (exact) mass is 498 g/mol. The summed E-state index contributed by atoms with van der Waals surface area (Å²) in [4.78, 5) is 6.87. The third-order valence-corrected chi connectivity index (χ3v) is 4.64. The highest BCUT2D eigenvalue weighted by Crippen LogP contribution is 2.20. The summed E-state index contributed by atoms with van der Waals surface area (Å²) in [6.45, 7) is 5.10. The second-order valence-corrected chi connectivity index (χ2v) is 6.77. The Kier molecular flexibility index (Phi) is 8.82. The van der Waals surface area contributed by atoms with Gasteiger partial charge in [-0.15, -0.1) is 24.0 Å². The first kappa shape index (κ1) is 22.3. The minimum atomic E-state index is -0.202. The highest BCUT2D eigenvalue weighted by atomic mass is 127. The molecule has 1 fully saturated rings. The highest BCUT2D eigenvalue weighted by molar-refractivity contribution is 14.0. The number of halogens is 2. The maximum absolute atomic E-state index is 13.5. The molecule has 28 heavy (non-hydrogen) atoms. The molecule has 0 amide bonds. The van der Waals surface area contributed by atoms with Crippen LogP contribution < -0.4 is 15.5 Å². The van der Waals surface area contributed by atoms with Crippen LogP contribution in [0.1, 0.15) is 25.3 Å². The van der Waals surface area contributed by atoms with E-state index in [1.54, 1.807) is 24.3 Å². The topological polar surface area (TPSA) is 59.9 Å². The predicted molar refractivity (Wildman–Crippen MR) is 123 cm³/mol. The normalized spacial score (nSPS) is 17.0. The number of nitrogens with one attached hydrogen (secondary N) is 2. The van der Waals surface area contributed by atoms with Crippen LogP contribution in [-0.4, -0.2) is 36.7 Å². The molecule has 1 unspecified atom stereocenters. The van der Waals surface area contributed by atoms with Crippen molar-refractivity contribution in [2.24, 2.45) is 4.99 Å². The van der Waals surface area contributed by atoms with Crippen molar-refractivity contribution >= 4 is 35.6 Å². The van der Waals surface area contributed by atoms with Gasteiger partial charge >= 0.3 is 0 Å². The Morgan fingerprint density at radius 3 is 2.75 bits per heavy atom. The molecular formula is C21H28FIN4O. The highest BCUT2D eigenvalue weighted by Gasteiger charge is 2.21. The van der Waals surface area contributed by atoms with E-state index in [2.05, 4.69) is 20.5 Å². The van der Waals surface area contributed by atoms with E-state index in [0.717, 1.165) is 49.7 Å². The zero-order valence-corrected chi connectivity index (χ0v) is 18.4. The van der Waals surface area contributed by atoms with Crippen LogP contribution >= 0.6 is 24.0 Å². The molecule has 1 aliphatic rings. The minimum Gasteiger partial charge on any atom is -0.508 e. The molecule has 1 heterocycles. The fraction of sp³-hybridized carbons (Fsp3) is 0.381. The number of aromatic hydroxyl groups is 1. The number of aliphatic imine (C=N–C) groups is 1. The van der Waals surface area contributed by atoms with Crippen LogP contribution in [0.3, 0.4) is 0 Å². The predicted octanol–water partition coefficient (Wildman–Crippen LogP) is 3.87. The van der Waals surface area contributed by atoms with E-state index in [1.165, 1.54) is 6.07 Å². The lowest BCUT2D eigenvalue weighted by Gasteiger charge is -2.35. The van der Waals surface area contributed by atoms with Crippen LogP contribution in [0.15, 0.2) is 53.5 Å². The SMILES string of the molecule is CCNC(=NCc1ccc(O)cc1)NC1CCCN(c2cccc(F)c2)C1.I. The van der Waals surface area contributed by atoms with Gasteiger partial charge in [0, 0.05) is 31.4 Å². The summed E-state index contributed by atoms with van der Waals surface area (Å²) in [7, 11) is 0. The zero-order chi connectivity index (χ0) is 19.1. The number of anilines is 1. The summed E-state index contributed by atoms with van der Waals surface area (Å²) < 4.78 is 13.5. The van der Waals surface area contributed by atoms with Crippen molar-refractivity contribution in [1.82, 2.24) is 10.6 Å². The van der Waals surface area contributed by atoms with Gasteiger partial charge in [-0.2, -0.15) is 0 Å². The average Bonchev–Trinajstić information content (AvgIpc) is 2.68. The summed E-state index contributed by atoms with van der Waals surface area (Å²) in [5, 5.41) is 16.2. The molecule has 5 nitrogen and oxygen atoms in total. The summed E-state index contributed by atoms with van der Waals surface area (Å²) in [6.07, 6.45) is 2.10. The average molecular weight is 498 g/mol. The Labute approximate surface area is 183 Å². The minimum absolute atomic E-state index is 0. The van der Waals surface area contributed by atoms with E-state index in [-0.39, 0.29) is 41.6 Å². The van der Waals surface area contributed by atoms with Crippen molar-refractivity contribution in [3.05, 3.63) is 59.9 Å². The van der Waals surface area contributed by atoms with Gasteiger partial charge in [0.05, 0.1) is 6.54 Å². The van der Waals surface area contributed by atoms with Crippen molar-refractivity contribution in [3.8, 4) is 5.75 Å². The lowest BCUT2D eigenvalue weighted by molar-refractivity contribution is 0.467. The molecule has 0 aromatic heterocycles. The number of rotatable bonds is 5. The summed E-state index contributed by atoms with van der Waals surface area (Å²) in [5.74, 6) is 0.829. The molecule has 1 aliphatic heterocycles. The Balaban J connectivity index is 0.00000280. The number of piperidine rings is 1. The quantitative estimate of drug-likeness (QED) is 0.333. The fourth-order valence-corrected chi connectivity index (χ4v) is 3.29. The lowest BCUT2D eigenvalue weighted by Crippen LogP contribution is -2.51. The van der Waals surface area contributed by atoms with Gasteiger partial charge < -0.3 is 20.6 Å². The number of guanidine groups is 1.